The number of ether oxygens (including phenoxy) is 4. The zero-order chi connectivity index (χ0) is 84.4. The minimum Gasteiger partial charge on any atom is -0.482 e. The van der Waals surface area contributed by atoms with Crippen LogP contribution in [-0.2, 0) is 14.4 Å². The average Bonchev–Trinajstić information content (AvgIpc) is 1.60. The van der Waals surface area contributed by atoms with Crippen molar-refractivity contribution in [3.8, 4) is 74.2 Å². The lowest BCUT2D eigenvalue weighted by Crippen LogP contribution is -2.28. The van der Waals surface area contributed by atoms with Crippen molar-refractivity contribution in [2.24, 2.45) is 0 Å². The lowest BCUT2D eigenvalue weighted by atomic mass is 10.0. The Morgan fingerprint density at radius 1 is 0.479 bits per heavy atom. The summed E-state index contributed by atoms with van der Waals surface area (Å²) in [6, 6.07) is 48.6. The van der Waals surface area contributed by atoms with Crippen LogP contribution in [0, 0.1) is 18.3 Å². The predicted octanol–water partition coefficient (Wildman–Crippen LogP) is 13.2. The Morgan fingerprint density at radius 3 is 1.26 bits per heavy atom. The Bertz CT molecular complexity index is 5880. The van der Waals surface area contributed by atoms with E-state index in [0.29, 0.717) is 115 Å². The van der Waals surface area contributed by atoms with Crippen molar-refractivity contribution in [1.29, 1.82) is 5.26 Å². The maximum absolute atomic E-state index is 13.0. The number of rotatable bonds is 25. The number of nitrogens with one attached hydrogen (secondary N) is 1. The van der Waals surface area contributed by atoms with Gasteiger partial charge in [0.2, 0.25) is 29.5 Å². The predicted molar refractivity (Wildman–Crippen MR) is 468 cm³/mol. The van der Waals surface area contributed by atoms with Gasteiger partial charge in [0.05, 0.1) is 71.3 Å². The molecule has 3 aliphatic heterocycles. The molecule has 3 saturated heterocycles. The smallest absolute Gasteiger partial charge is 0.256 e. The van der Waals surface area contributed by atoms with Crippen LogP contribution in [0.15, 0.2) is 207 Å². The zero-order valence-electron chi connectivity index (χ0n) is 68.9. The fourth-order valence-corrected chi connectivity index (χ4v) is 16.2. The number of aromatic nitrogens is 10. The molecule has 2 saturated carbocycles. The van der Waals surface area contributed by atoms with Crippen LogP contribution < -0.4 is 41.5 Å². The number of nitrogen functional groups attached to an aromatic ring is 3. The summed E-state index contributed by atoms with van der Waals surface area (Å²) >= 11 is 0. The highest BCUT2D eigenvalue weighted by molar-refractivity contribution is 6.07. The zero-order valence-corrected chi connectivity index (χ0v) is 68.9. The number of carbonyl (C=O) groups excluding carboxylic acids is 4. The highest BCUT2D eigenvalue weighted by atomic mass is 16.5. The number of hydrogen-bond acceptors (Lipinski definition) is 22. The number of carbonyl (C=O) groups is 4. The number of pyridine rings is 1. The summed E-state index contributed by atoms with van der Waals surface area (Å²) in [5, 5.41) is 14.1. The molecule has 2 aliphatic carbocycles. The van der Waals surface area contributed by atoms with Gasteiger partial charge in [0.15, 0.2) is 0 Å². The average molecular weight is 1630 g/mol. The fourth-order valence-electron chi connectivity index (χ4n) is 16.2. The van der Waals surface area contributed by atoms with Crippen LogP contribution in [0.5, 0.6) is 34.8 Å². The van der Waals surface area contributed by atoms with Gasteiger partial charge in [0.25, 0.3) is 5.91 Å². The van der Waals surface area contributed by atoms with Crippen LogP contribution in [-0.4, -0.2) is 215 Å². The number of likely N-dealkylation sites (tertiary alicyclic amines) is 3. The summed E-state index contributed by atoms with van der Waals surface area (Å²) in [5.74, 6) is 5.46. The SMILES string of the molecule is COc1c(-c2ccc(Oc3ccccc3)cc2)c2c(N)ncnc2n1[C@@H]1CCN(C(=O)/C=C/CN(C)C)C1.COc1c(-c2ccc(Oc3ccccc3)cc2)c2c(N)ncnc2n1[C@@H]1CCN(C(=O)/C=C/CN(C)C2CC2)C1.Cc1c(-c2ccc(C(=O)Nc3cc(C#N)ccn3)cc2)c2c(N)ncnc2n1[C@@H]1CCN(C(=O)/C=C/CN(C)C2CC2)C1. The van der Waals surface area contributed by atoms with Crippen molar-refractivity contribution >= 4 is 80.0 Å². The number of amides is 4. The van der Waals surface area contributed by atoms with E-state index in [-0.39, 0.29) is 41.8 Å². The first-order chi connectivity index (χ1) is 58.8. The van der Waals surface area contributed by atoms with Crippen LogP contribution in [0.1, 0.15) is 84.7 Å². The Morgan fingerprint density at radius 2 is 0.860 bits per heavy atom. The number of nitriles is 1. The standard InChI is InChI=1S/C32H33N9O2.C31H34N6O3.C29H32N6O3/c1-20-28(22-5-7-23(8-6-22)32(43)38-26-16-21(17-33)11-13-35-26)29-30(34)36-19-37-31(29)41(20)25-12-15-40(18-25)27(42)4-3-14-39(2)24-9-10-24;1-35(22-12-13-22)17-6-9-26(38)36-18-16-23(19-36)37-30-28(29(32)33-20-34-30)27(31(37)39-2)21-10-14-25(15-11-21)40-24-7-4-3-5-8-24;1-33(2)16-7-10-24(36)34-17-15-21(18-34)35-28-26(27(30)31-19-32-28)25(29(35)37-3)20-11-13-23(14-12-20)38-22-8-5-4-6-9-22/h3-8,11,13,16,19,24-25H,9-10,12,14-15,18H2,1-2H3,(H2,34,36,37)(H,35,38,43);3-11,14-15,20,22-23H,12-13,16-19H2,1-2H3,(H2,32,33,34);4-14,19,21H,15-18H2,1-3H3,(H2,30,31,32)/b4-3+;9-6+;10-7+/t25-;23-;21-/m111/s1. The van der Waals surface area contributed by atoms with Gasteiger partial charge in [-0.25, -0.2) is 34.9 Å². The quantitative estimate of drug-likeness (QED) is 0.0386. The lowest BCUT2D eigenvalue weighted by molar-refractivity contribution is -0.125. The molecule has 620 valence electrons. The third kappa shape index (κ3) is 18.6. The van der Waals surface area contributed by atoms with Gasteiger partial charge in [-0.2, -0.15) is 5.26 Å². The molecule has 10 heterocycles. The number of benzene rings is 5. The van der Waals surface area contributed by atoms with Crippen LogP contribution in [0.3, 0.4) is 0 Å². The second kappa shape index (κ2) is 37.0. The molecule has 29 nitrogen and oxygen atoms in total. The summed E-state index contributed by atoms with van der Waals surface area (Å²) in [5.41, 5.74) is 28.4. The normalized spacial score (nSPS) is 16.5. The molecule has 0 bridgehead atoms. The molecule has 5 aliphatic rings. The van der Waals surface area contributed by atoms with Gasteiger partial charge in [-0.3, -0.25) is 38.1 Å². The van der Waals surface area contributed by atoms with Crippen LogP contribution in [0.4, 0.5) is 23.3 Å². The first-order valence-electron chi connectivity index (χ1n) is 40.7. The van der Waals surface area contributed by atoms with Crippen molar-refractivity contribution in [3.63, 3.8) is 0 Å². The van der Waals surface area contributed by atoms with Crippen LogP contribution in [0.2, 0.25) is 0 Å². The van der Waals surface area contributed by atoms with Gasteiger partial charge in [-0.15, -0.1) is 0 Å². The molecule has 7 N–H and O–H groups in total. The maximum Gasteiger partial charge on any atom is 0.256 e. The summed E-state index contributed by atoms with van der Waals surface area (Å²) in [6.45, 7) is 7.99. The van der Waals surface area contributed by atoms with Gasteiger partial charge in [-0.1, -0.05) is 91.0 Å². The van der Waals surface area contributed by atoms with E-state index in [4.69, 9.17) is 41.4 Å². The number of hydrogen-bond donors (Lipinski definition) is 4. The van der Waals surface area contributed by atoms with Crippen molar-refractivity contribution in [1.82, 2.24) is 78.0 Å². The number of nitrogens with zero attached hydrogens (tertiary/aromatic N) is 17. The van der Waals surface area contributed by atoms with Gasteiger partial charge < -0.3 is 65.6 Å². The highest BCUT2D eigenvalue weighted by Crippen LogP contribution is 2.48. The Balaban J connectivity index is 0.000000141. The van der Waals surface area contributed by atoms with Gasteiger partial charge in [0, 0.05) is 112 Å². The van der Waals surface area contributed by atoms with Crippen molar-refractivity contribution < 1.29 is 38.1 Å². The topological polar surface area (TPSA) is 344 Å². The highest BCUT2D eigenvalue weighted by Gasteiger charge is 2.37. The Hall–Kier alpha value is -13.8. The second-order valence-corrected chi connectivity index (χ2v) is 31.2. The number of fused-ring (bicyclic) bond motifs is 3. The lowest BCUT2D eigenvalue weighted by Gasteiger charge is -2.18. The molecule has 7 aromatic heterocycles. The molecule has 0 unspecified atom stereocenters. The molecule has 0 radical (unpaired) electrons. The summed E-state index contributed by atoms with van der Waals surface area (Å²) < 4.78 is 30.3. The third-order valence-electron chi connectivity index (χ3n) is 22.7. The van der Waals surface area contributed by atoms with Crippen molar-refractivity contribution in [2.45, 2.75) is 82.1 Å². The van der Waals surface area contributed by atoms with E-state index in [1.165, 1.54) is 56.9 Å². The number of para-hydroxylation sites is 2. The molecule has 5 fully saturated rings. The molecule has 3 atom stereocenters. The molecular formula is C92H99N21O8. The van der Waals surface area contributed by atoms with E-state index in [1.807, 2.05) is 186 Å². The Labute approximate surface area is 701 Å². The summed E-state index contributed by atoms with van der Waals surface area (Å²) in [7, 11) is 11.4. The van der Waals surface area contributed by atoms with Gasteiger partial charge >= 0.3 is 0 Å². The van der Waals surface area contributed by atoms with Crippen molar-refractivity contribution in [2.75, 3.05) is 124 Å². The van der Waals surface area contributed by atoms with E-state index < -0.39 is 0 Å². The monoisotopic (exact) mass is 1630 g/mol. The van der Waals surface area contributed by atoms with Crippen LogP contribution in [0.25, 0.3) is 66.5 Å². The first kappa shape index (κ1) is 82.3. The van der Waals surface area contributed by atoms with E-state index in [2.05, 4.69) is 77.8 Å². The minimum absolute atomic E-state index is 0.00678. The van der Waals surface area contributed by atoms with Gasteiger partial charge in [0.1, 0.15) is 82.2 Å². The third-order valence-corrected chi connectivity index (χ3v) is 22.7. The molecule has 0 spiro atoms. The van der Waals surface area contributed by atoms with Crippen LogP contribution >= 0.6 is 0 Å². The van der Waals surface area contributed by atoms with E-state index in [0.717, 1.165) is 116 Å². The molecule has 12 aromatic rings. The Kier molecular flexibility index (Phi) is 25.2. The summed E-state index contributed by atoms with van der Waals surface area (Å²) in [6.07, 6.45) is 24.1. The second-order valence-electron chi connectivity index (χ2n) is 31.2. The molecule has 4 amide bonds. The van der Waals surface area contributed by atoms with E-state index >= 15 is 0 Å². The van der Waals surface area contributed by atoms with Crippen molar-refractivity contribution in [3.05, 3.63) is 224 Å². The van der Waals surface area contributed by atoms with E-state index in [1.54, 1.807) is 50.6 Å². The number of methoxy groups -OCH3 is 2. The molecule has 17 rings (SSSR count). The molecule has 5 aromatic carbocycles. The number of likely N-dealkylation sites (N-methyl/N-ethyl adjacent to an activating group) is 3. The number of anilines is 4. The largest absolute Gasteiger partial charge is 0.482 e. The fraction of sp³-hybridized carbons (Fsp3) is 0.304. The minimum atomic E-state index is -0.333. The summed E-state index contributed by atoms with van der Waals surface area (Å²) in [4.78, 5) is 94.6. The molecule has 29 heteroatoms. The van der Waals surface area contributed by atoms with Gasteiger partial charge in [-0.05, 0) is 170 Å². The van der Waals surface area contributed by atoms with E-state index in [9.17, 15) is 19.2 Å². The number of nitrogens with two attached hydrogens (primary N) is 3. The molecule has 121 heavy (non-hydrogen) atoms. The first-order valence-corrected chi connectivity index (χ1v) is 40.7. The maximum atomic E-state index is 13.0. The molecular weight excluding hydrogens is 1530 g/mol.